The number of aryl methyl sites for hydroxylation is 1. The second kappa shape index (κ2) is 9.12. The molecule has 158 valence electrons. The summed E-state index contributed by atoms with van der Waals surface area (Å²) in [4.78, 5) is 2.86. The van der Waals surface area contributed by atoms with Gasteiger partial charge in [-0.1, -0.05) is 83.5 Å². The van der Waals surface area contributed by atoms with Gasteiger partial charge in [-0.25, -0.2) is 0 Å². The van der Waals surface area contributed by atoms with Crippen molar-refractivity contribution in [2.24, 2.45) is 5.10 Å². The maximum Gasteiger partial charge on any atom is 0.277 e. The van der Waals surface area contributed by atoms with Crippen molar-refractivity contribution >= 4 is 15.7 Å². The van der Waals surface area contributed by atoms with Gasteiger partial charge in [-0.2, -0.15) is 18.4 Å². The number of hydrogen-bond acceptors (Lipinski definition) is 3. The van der Waals surface area contributed by atoms with Crippen molar-refractivity contribution in [3.63, 3.8) is 0 Å². The second-order valence-corrected chi connectivity index (χ2v) is 10.2. The number of nitrogens with one attached hydrogen (secondary N) is 1. The first-order valence-electron chi connectivity index (χ1n) is 10.2. The van der Waals surface area contributed by atoms with Crippen molar-refractivity contribution in [1.29, 1.82) is 0 Å². The topological polar surface area (TPSA) is 58.5 Å². The largest absolute Gasteiger partial charge is 0.277 e. The number of hydrazone groups is 1. The third-order valence-corrected chi connectivity index (χ3v) is 6.49. The molecule has 0 heterocycles. The second-order valence-electron chi connectivity index (χ2n) is 8.65. The predicted molar refractivity (Wildman–Crippen MR) is 122 cm³/mol. The van der Waals surface area contributed by atoms with Gasteiger partial charge < -0.3 is 0 Å². The minimum absolute atomic E-state index is 0.0833. The van der Waals surface area contributed by atoms with Gasteiger partial charge in [0.2, 0.25) is 0 Å². The molecule has 0 fully saturated rings. The van der Waals surface area contributed by atoms with Crippen LogP contribution < -0.4 is 4.83 Å². The number of benzene rings is 2. The van der Waals surface area contributed by atoms with Gasteiger partial charge in [-0.3, -0.25) is 0 Å². The number of sulfonamides is 1. The average Bonchev–Trinajstić information content (AvgIpc) is 2.65. The van der Waals surface area contributed by atoms with Crippen LogP contribution in [0.3, 0.4) is 0 Å². The standard InChI is InChI=1S/C24H34N2O2S/c1-15(2)21-13-22(16(3)4)24(23(14-21)17(5)6)29(27,28)26-25-19(8)20-11-9-18(7)10-12-20/h9-17,26H,1-8H3/b25-19+. The van der Waals surface area contributed by atoms with Gasteiger partial charge in [0.25, 0.3) is 10.0 Å². The molecule has 0 aliphatic heterocycles. The van der Waals surface area contributed by atoms with Crippen LogP contribution in [0.1, 0.15) is 94.0 Å². The molecule has 2 aromatic carbocycles. The van der Waals surface area contributed by atoms with E-state index < -0.39 is 10.0 Å². The Labute approximate surface area is 176 Å². The summed E-state index contributed by atoms with van der Waals surface area (Å²) < 4.78 is 26.7. The van der Waals surface area contributed by atoms with E-state index >= 15 is 0 Å². The highest BCUT2D eigenvalue weighted by molar-refractivity contribution is 7.89. The summed E-state index contributed by atoms with van der Waals surface area (Å²) in [5.74, 6) is 0.497. The van der Waals surface area contributed by atoms with E-state index in [1.165, 1.54) is 0 Å². The van der Waals surface area contributed by atoms with Crippen LogP contribution >= 0.6 is 0 Å². The summed E-state index contributed by atoms with van der Waals surface area (Å²) in [6.07, 6.45) is 0. The third-order valence-electron chi connectivity index (χ3n) is 5.15. The van der Waals surface area contributed by atoms with E-state index in [-0.39, 0.29) is 11.8 Å². The highest BCUT2D eigenvalue weighted by atomic mass is 32.2. The van der Waals surface area contributed by atoms with Crippen LogP contribution in [0, 0.1) is 6.92 Å². The monoisotopic (exact) mass is 414 g/mol. The highest BCUT2D eigenvalue weighted by Crippen LogP contribution is 2.35. The molecule has 0 amide bonds. The lowest BCUT2D eigenvalue weighted by Gasteiger charge is -2.22. The van der Waals surface area contributed by atoms with Gasteiger partial charge in [0.1, 0.15) is 0 Å². The lowest BCUT2D eigenvalue weighted by Crippen LogP contribution is -2.24. The Hall–Kier alpha value is -2.14. The lowest BCUT2D eigenvalue weighted by molar-refractivity contribution is 0.579. The summed E-state index contributed by atoms with van der Waals surface area (Å²) >= 11 is 0. The zero-order chi connectivity index (χ0) is 21.9. The summed E-state index contributed by atoms with van der Waals surface area (Å²) in [5, 5.41) is 4.21. The summed E-state index contributed by atoms with van der Waals surface area (Å²) in [7, 11) is -3.80. The van der Waals surface area contributed by atoms with Crippen LogP contribution in [0.2, 0.25) is 0 Å². The molecule has 0 saturated carbocycles. The molecule has 4 nitrogen and oxygen atoms in total. The normalized spacial score (nSPS) is 12.9. The van der Waals surface area contributed by atoms with Crippen LogP contribution in [0.5, 0.6) is 0 Å². The van der Waals surface area contributed by atoms with Crippen molar-refractivity contribution in [3.05, 3.63) is 64.2 Å². The smallest absolute Gasteiger partial charge is 0.200 e. The molecule has 0 saturated heterocycles. The zero-order valence-corrected chi connectivity index (χ0v) is 19.7. The van der Waals surface area contributed by atoms with E-state index in [9.17, 15) is 8.42 Å². The van der Waals surface area contributed by atoms with Crippen molar-refractivity contribution < 1.29 is 8.42 Å². The first kappa shape index (κ1) is 23.1. The van der Waals surface area contributed by atoms with E-state index in [0.29, 0.717) is 16.5 Å². The molecule has 0 atom stereocenters. The SMILES string of the molecule is C/C(=N\NS(=O)(=O)c1c(C(C)C)cc(C(C)C)cc1C(C)C)c1ccc(C)cc1. The Morgan fingerprint density at radius 1 is 0.862 bits per heavy atom. The Bertz CT molecular complexity index is 957. The van der Waals surface area contributed by atoms with E-state index in [0.717, 1.165) is 27.8 Å². The Morgan fingerprint density at radius 3 is 1.76 bits per heavy atom. The zero-order valence-electron chi connectivity index (χ0n) is 18.9. The highest BCUT2D eigenvalue weighted by Gasteiger charge is 2.26. The molecule has 29 heavy (non-hydrogen) atoms. The van der Waals surface area contributed by atoms with Gasteiger partial charge in [-0.05, 0) is 53.9 Å². The van der Waals surface area contributed by atoms with Gasteiger partial charge >= 0.3 is 0 Å². The molecular formula is C24H34N2O2S. The van der Waals surface area contributed by atoms with E-state index in [1.807, 2.05) is 77.9 Å². The average molecular weight is 415 g/mol. The molecule has 0 spiro atoms. The van der Waals surface area contributed by atoms with Crippen molar-refractivity contribution in [3.8, 4) is 0 Å². The van der Waals surface area contributed by atoms with Gasteiger partial charge in [0, 0.05) is 0 Å². The minimum atomic E-state index is -3.80. The first-order chi connectivity index (χ1) is 13.4. The molecule has 0 unspecified atom stereocenters. The van der Waals surface area contributed by atoms with Gasteiger partial charge in [-0.15, -0.1) is 0 Å². The molecule has 1 N–H and O–H groups in total. The van der Waals surface area contributed by atoms with Crippen LogP contribution in [0.4, 0.5) is 0 Å². The maximum atomic E-state index is 13.3. The van der Waals surface area contributed by atoms with Crippen molar-refractivity contribution in [2.75, 3.05) is 0 Å². The minimum Gasteiger partial charge on any atom is -0.200 e. The fraction of sp³-hybridized carbons (Fsp3) is 0.458. The number of rotatable bonds is 7. The van der Waals surface area contributed by atoms with Crippen LogP contribution in [0.15, 0.2) is 46.4 Å². The number of nitrogens with zero attached hydrogens (tertiary/aromatic N) is 1. The lowest BCUT2D eigenvalue weighted by atomic mass is 9.89. The predicted octanol–water partition coefficient (Wildman–Crippen LogP) is 6.07. The molecule has 2 rings (SSSR count). The molecule has 0 aromatic heterocycles. The molecule has 0 aliphatic carbocycles. The molecule has 0 radical (unpaired) electrons. The third kappa shape index (κ3) is 5.47. The Balaban J connectivity index is 2.55. The molecule has 2 aromatic rings. The summed E-state index contributed by atoms with van der Waals surface area (Å²) in [6.45, 7) is 16.2. The maximum absolute atomic E-state index is 13.3. The summed E-state index contributed by atoms with van der Waals surface area (Å²) in [6, 6.07) is 11.9. The van der Waals surface area contributed by atoms with Crippen molar-refractivity contribution in [1.82, 2.24) is 4.83 Å². The van der Waals surface area contributed by atoms with E-state index in [4.69, 9.17) is 0 Å². The quantitative estimate of drug-likeness (QED) is 0.442. The van der Waals surface area contributed by atoms with Gasteiger partial charge in [0.15, 0.2) is 0 Å². The van der Waals surface area contributed by atoms with Crippen molar-refractivity contribution in [2.45, 2.75) is 78.0 Å². The van der Waals surface area contributed by atoms with Crippen LogP contribution in [-0.4, -0.2) is 14.1 Å². The fourth-order valence-corrected chi connectivity index (χ4v) is 4.79. The first-order valence-corrected chi connectivity index (χ1v) is 11.7. The Morgan fingerprint density at radius 2 is 1.34 bits per heavy atom. The molecule has 5 heteroatoms. The Kier molecular flexibility index (Phi) is 7.28. The van der Waals surface area contributed by atoms with Crippen LogP contribution in [-0.2, 0) is 10.0 Å². The fourth-order valence-electron chi connectivity index (χ4n) is 3.23. The molecular weight excluding hydrogens is 380 g/mol. The molecule has 0 bridgehead atoms. The van der Waals surface area contributed by atoms with E-state index in [1.54, 1.807) is 0 Å². The molecule has 0 aliphatic rings. The van der Waals surface area contributed by atoms with Gasteiger partial charge in [0.05, 0.1) is 10.6 Å². The van der Waals surface area contributed by atoms with E-state index in [2.05, 4.69) is 23.8 Å². The number of hydrogen-bond donors (Lipinski definition) is 1. The summed E-state index contributed by atoms with van der Waals surface area (Å²) in [5.41, 5.74) is 5.52. The van der Waals surface area contributed by atoms with Crippen LogP contribution in [0.25, 0.3) is 0 Å².